The fraction of sp³-hybridized carbons (Fsp3) is 0.200. The first-order valence-corrected chi connectivity index (χ1v) is 11.7. The predicted molar refractivity (Wildman–Crippen MR) is 131 cm³/mol. The quantitative estimate of drug-likeness (QED) is 0.328. The number of hydrogen-bond acceptors (Lipinski definition) is 5. The molecule has 0 aliphatic rings. The fourth-order valence-corrected chi connectivity index (χ4v) is 4.08. The van der Waals surface area contributed by atoms with Crippen molar-refractivity contribution in [3.05, 3.63) is 84.2 Å². The van der Waals surface area contributed by atoms with Gasteiger partial charge < -0.3 is 10.6 Å². The van der Waals surface area contributed by atoms with Crippen LogP contribution in [0.1, 0.15) is 36.1 Å². The zero-order chi connectivity index (χ0) is 23.2. The summed E-state index contributed by atoms with van der Waals surface area (Å²) >= 11 is 1.24. The molecule has 7 nitrogen and oxygen atoms in total. The molecule has 0 fully saturated rings. The minimum absolute atomic E-state index is 0.0955. The second-order valence-electron chi connectivity index (χ2n) is 7.93. The van der Waals surface area contributed by atoms with E-state index in [1.54, 1.807) is 12.1 Å². The number of carbonyl (C=O) groups is 2. The van der Waals surface area contributed by atoms with Gasteiger partial charge in [-0.3, -0.25) is 14.7 Å². The maximum Gasteiger partial charge on any atom is 0.251 e. The normalized spacial score (nSPS) is 12.0. The molecule has 4 aromatic rings. The number of thioether (sulfide) groups is 1. The smallest absolute Gasteiger partial charge is 0.251 e. The van der Waals surface area contributed by atoms with Gasteiger partial charge in [0.25, 0.3) is 5.91 Å². The Morgan fingerprint density at radius 1 is 0.970 bits per heavy atom. The van der Waals surface area contributed by atoms with E-state index in [0.29, 0.717) is 16.5 Å². The van der Waals surface area contributed by atoms with E-state index in [4.69, 9.17) is 0 Å². The first-order valence-electron chi connectivity index (χ1n) is 10.7. The van der Waals surface area contributed by atoms with Crippen molar-refractivity contribution in [2.45, 2.75) is 25.0 Å². The number of rotatable bonds is 8. The summed E-state index contributed by atoms with van der Waals surface area (Å²) in [6.07, 6.45) is 0. The van der Waals surface area contributed by atoms with Crippen LogP contribution in [-0.2, 0) is 4.79 Å². The third-order valence-corrected chi connectivity index (χ3v) is 6.01. The molecule has 2 amide bonds. The van der Waals surface area contributed by atoms with Crippen LogP contribution in [0.5, 0.6) is 0 Å². The van der Waals surface area contributed by atoms with Crippen molar-refractivity contribution in [3.8, 4) is 0 Å². The Morgan fingerprint density at radius 2 is 1.70 bits per heavy atom. The van der Waals surface area contributed by atoms with Crippen LogP contribution >= 0.6 is 11.8 Å². The molecule has 4 rings (SSSR count). The summed E-state index contributed by atoms with van der Waals surface area (Å²) < 4.78 is 0. The van der Waals surface area contributed by atoms with Gasteiger partial charge in [0.2, 0.25) is 11.1 Å². The summed E-state index contributed by atoms with van der Waals surface area (Å²) in [6, 6.07) is 22.4. The Balaban J connectivity index is 1.38. The Morgan fingerprint density at radius 3 is 2.48 bits per heavy atom. The predicted octanol–water partition coefficient (Wildman–Crippen LogP) is 4.82. The highest BCUT2D eigenvalue weighted by Crippen LogP contribution is 2.24. The summed E-state index contributed by atoms with van der Waals surface area (Å²) in [7, 11) is 0. The number of benzene rings is 3. The van der Waals surface area contributed by atoms with Gasteiger partial charge in [-0.1, -0.05) is 80.2 Å². The van der Waals surface area contributed by atoms with Gasteiger partial charge in [-0.15, -0.1) is 5.10 Å². The van der Waals surface area contributed by atoms with Crippen LogP contribution in [-0.4, -0.2) is 32.7 Å². The van der Waals surface area contributed by atoms with Gasteiger partial charge in [0.1, 0.15) is 5.82 Å². The van der Waals surface area contributed by atoms with Gasteiger partial charge in [-0.05, 0) is 29.5 Å². The monoisotopic (exact) mass is 459 g/mol. The van der Waals surface area contributed by atoms with E-state index in [2.05, 4.69) is 25.8 Å². The molecule has 0 radical (unpaired) electrons. The molecule has 8 heteroatoms. The van der Waals surface area contributed by atoms with E-state index < -0.39 is 0 Å². The van der Waals surface area contributed by atoms with Crippen molar-refractivity contribution < 1.29 is 9.59 Å². The average Bonchev–Trinajstić information content (AvgIpc) is 3.30. The van der Waals surface area contributed by atoms with Crippen LogP contribution in [0, 0.1) is 5.92 Å². The molecule has 1 heterocycles. The molecular formula is C25H25N5O2S. The summed E-state index contributed by atoms with van der Waals surface area (Å²) in [4.78, 5) is 29.6. The fourth-order valence-electron chi connectivity index (χ4n) is 3.48. The summed E-state index contributed by atoms with van der Waals surface area (Å²) in [5, 5.41) is 15.6. The van der Waals surface area contributed by atoms with Crippen molar-refractivity contribution in [1.29, 1.82) is 0 Å². The Kier molecular flexibility index (Phi) is 7.04. The molecule has 1 atom stereocenters. The zero-order valence-electron chi connectivity index (χ0n) is 18.4. The van der Waals surface area contributed by atoms with Crippen LogP contribution in [0.2, 0.25) is 0 Å². The lowest BCUT2D eigenvalue weighted by molar-refractivity contribution is -0.113. The Bertz CT molecular complexity index is 1250. The second-order valence-corrected chi connectivity index (χ2v) is 8.87. The molecule has 0 saturated carbocycles. The number of nitrogens with zero attached hydrogens (tertiary/aromatic N) is 2. The van der Waals surface area contributed by atoms with Gasteiger partial charge in [0.15, 0.2) is 0 Å². The van der Waals surface area contributed by atoms with E-state index >= 15 is 0 Å². The van der Waals surface area contributed by atoms with E-state index in [9.17, 15) is 9.59 Å². The van der Waals surface area contributed by atoms with Crippen molar-refractivity contribution in [1.82, 2.24) is 20.5 Å². The third-order valence-electron chi connectivity index (χ3n) is 5.16. The average molecular weight is 460 g/mol. The molecular weight excluding hydrogens is 434 g/mol. The van der Waals surface area contributed by atoms with Crippen molar-refractivity contribution >= 4 is 40.0 Å². The molecule has 168 valence electrons. The number of carbonyl (C=O) groups excluding carboxylic acids is 2. The van der Waals surface area contributed by atoms with E-state index in [-0.39, 0.29) is 29.5 Å². The number of fused-ring (bicyclic) bond motifs is 1. The molecule has 33 heavy (non-hydrogen) atoms. The van der Waals surface area contributed by atoms with Gasteiger partial charge in [0.05, 0.1) is 11.8 Å². The topological polar surface area (TPSA) is 99.8 Å². The molecule has 0 spiro atoms. The molecule has 3 N–H and O–H groups in total. The lowest BCUT2D eigenvalue weighted by Gasteiger charge is -2.19. The van der Waals surface area contributed by atoms with Crippen molar-refractivity contribution in [3.63, 3.8) is 0 Å². The largest absolute Gasteiger partial charge is 0.342 e. The van der Waals surface area contributed by atoms with Crippen LogP contribution in [0.15, 0.2) is 78.0 Å². The van der Waals surface area contributed by atoms with Crippen molar-refractivity contribution in [2.24, 2.45) is 5.92 Å². The van der Waals surface area contributed by atoms with E-state index in [0.717, 1.165) is 16.5 Å². The van der Waals surface area contributed by atoms with E-state index in [1.165, 1.54) is 11.8 Å². The Labute approximate surface area is 196 Å². The summed E-state index contributed by atoms with van der Waals surface area (Å²) in [5.41, 5.74) is 1.36. The first-order chi connectivity index (χ1) is 16.0. The van der Waals surface area contributed by atoms with Gasteiger partial charge in [0, 0.05) is 16.6 Å². The second kappa shape index (κ2) is 10.3. The standard InChI is InChI=1S/C25H25N5O2S/c1-16(2)22(27-24(32)18-10-4-3-5-11-18)23-28-25(30-29-23)33-15-21(31)26-20-14-8-12-17-9-6-7-13-19(17)20/h3-14,16,22H,15H2,1-2H3,(H,26,31)(H,27,32)(H,28,29,30). The molecule has 0 aliphatic carbocycles. The zero-order valence-corrected chi connectivity index (χ0v) is 19.2. The number of hydrogen-bond donors (Lipinski definition) is 3. The van der Waals surface area contributed by atoms with Crippen LogP contribution in [0.3, 0.4) is 0 Å². The highest BCUT2D eigenvalue weighted by molar-refractivity contribution is 7.99. The SMILES string of the molecule is CC(C)C(NC(=O)c1ccccc1)c1nc(SCC(=O)Nc2cccc3ccccc23)n[nH]1. The molecule has 0 saturated heterocycles. The highest BCUT2D eigenvalue weighted by atomic mass is 32.2. The molecule has 1 aromatic heterocycles. The van der Waals surface area contributed by atoms with E-state index in [1.807, 2.05) is 74.5 Å². The third kappa shape index (κ3) is 5.59. The molecule has 0 aliphatic heterocycles. The molecule has 3 aromatic carbocycles. The van der Waals surface area contributed by atoms with Gasteiger partial charge in [-0.2, -0.15) is 0 Å². The number of aromatic nitrogens is 3. The highest BCUT2D eigenvalue weighted by Gasteiger charge is 2.23. The minimum Gasteiger partial charge on any atom is -0.342 e. The van der Waals surface area contributed by atoms with Crippen LogP contribution in [0.4, 0.5) is 5.69 Å². The number of nitrogens with one attached hydrogen (secondary N) is 3. The lowest BCUT2D eigenvalue weighted by atomic mass is 10.0. The minimum atomic E-state index is -0.330. The number of H-pyrrole nitrogens is 1. The van der Waals surface area contributed by atoms with Crippen LogP contribution < -0.4 is 10.6 Å². The number of amides is 2. The molecule has 1 unspecified atom stereocenters. The number of aromatic amines is 1. The van der Waals surface area contributed by atoms with Crippen molar-refractivity contribution in [2.75, 3.05) is 11.1 Å². The summed E-state index contributed by atoms with van der Waals surface area (Å²) in [5.74, 6) is 0.516. The van der Waals surface area contributed by atoms with Crippen LogP contribution in [0.25, 0.3) is 10.8 Å². The maximum absolute atomic E-state index is 12.6. The molecule has 0 bridgehead atoms. The lowest BCUT2D eigenvalue weighted by Crippen LogP contribution is -2.32. The summed E-state index contributed by atoms with van der Waals surface area (Å²) in [6.45, 7) is 4.01. The van der Waals surface area contributed by atoms with Gasteiger partial charge >= 0.3 is 0 Å². The Hall–Kier alpha value is -3.65. The van der Waals surface area contributed by atoms with Gasteiger partial charge in [-0.25, -0.2) is 4.98 Å². The maximum atomic E-state index is 12.6. The first kappa shape index (κ1) is 22.5. The number of anilines is 1.